The van der Waals surface area contributed by atoms with Crippen molar-refractivity contribution in [3.05, 3.63) is 25.3 Å². The van der Waals surface area contributed by atoms with Crippen LogP contribution in [0.25, 0.3) is 0 Å². The van der Waals surface area contributed by atoms with Crippen molar-refractivity contribution in [1.82, 2.24) is 0 Å². The Labute approximate surface area is 81.5 Å². The lowest BCUT2D eigenvalue weighted by molar-refractivity contribution is 0.0446. The third kappa shape index (κ3) is 3.93. The molecule has 0 aliphatic carbocycles. The summed E-state index contributed by atoms with van der Waals surface area (Å²) in [6, 6.07) is 3.28. The van der Waals surface area contributed by atoms with E-state index in [1.54, 1.807) is 12.1 Å². The summed E-state index contributed by atoms with van der Waals surface area (Å²) >= 11 is 0. The van der Waals surface area contributed by atoms with E-state index in [4.69, 9.17) is 10.5 Å². The van der Waals surface area contributed by atoms with Crippen LogP contribution >= 0.6 is 0 Å². The number of nitrogens with zero attached hydrogens (tertiary/aromatic N) is 2. The third-order valence-electron chi connectivity index (χ3n) is 1.13. The highest BCUT2D eigenvalue weighted by Gasteiger charge is 2.14. The molecule has 2 unspecified atom stereocenters. The van der Waals surface area contributed by atoms with Gasteiger partial charge in [0.2, 0.25) is 12.2 Å². The highest BCUT2D eigenvalue weighted by Crippen LogP contribution is 1.99. The summed E-state index contributed by atoms with van der Waals surface area (Å²) in [5.74, 6) is 0. The van der Waals surface area contributed by atoms with E-state index in [0.717, 1.165) is 12.2 Å². The molecule has 0 spiro atoms. The van der Waals surface area contributed by atoms with Crippen LogP contribution in [0.2, 0.25) is 0 Å². The van der Waals surface area contributed by atoms with E-state index < -0.39 is 18.4 Å². The molecule has 0 aromatic carbocycles. The minimum Gasteiger partial charge on any atom is -0.411 e. The highest BCUT2D eigenvalue weighted by molar-refractivity contribution is 5.61. The molecule has 0 rings (SSSR count). The second-order valence-corrected chi connectivity index (χ2v) is 2.06. The molecule has 0 aliphatic heterocycles. The smallest absolute Gasteiger partial charge is 0.411 e. The number of hydrogen-bond donors (Lipinski definition) is 0. The molecule has 0 aromatic heterocycles. The number of hydrogen-bond acceptors (Lipinski definition) is 5. The Morgan fingerprint density at radius 2 is 1.50 bits per heavy atom. The first kappa shape index (κ1) is 11.7. The molecule has 0 aliphatic rings. The maximum atomic E-state index is 10.9. The number of carbonyl (C=O) groups excluding carboxylic acids is 1. The molecule has 0 aromatic rings. The van der Waals surface area contributed by atoms with E-state index in [1.807, 2.05) is 0 Å². The highest BCUT2D eigenvalue weighted by atomic mass is 16.7. The molecule has 0 amide bonds. The van der Waals surface area contributed by atoms with E-state index in [0.29, 0.717) is 0 Å². The fraction of sp³-hybridized carbons (Fsp3) is 0.222. The number of rotatable bonds is 4. The molecular formula is C9H8N2O3. The van der Waals surface area contributed by atoms with Gasteiger partial charge in [-0.3, -0.25) is 0 Å². The normalized spacial score (nSPS) is 12.4. The molecule has 2 atom stereocenters. The molecule has 5 nitrogen and oxygen atoms in total. The molecule has 72 valence electrons. The summed E-state index contributed by atoms with van der Waals surface area (Å²) in [7, 11) is 0. The lowest BCUT2D eigenvalue weighted by Gasteiger charge is -2.08. The van der Waals surface area contributed by atoms with E-state index in [-0.39, 0.29) is 0 Å². The lowest BCUT2D eigenvalue weighted by atomic mass is 10.4. The summed E-state index contributed by atoms with van der Waals surface area (Å²) in [5.41, 5.74) is 0. The molecule has 14 heavy (non-hydrogen) atoms. The average molecular weight is 192 g/mol. The van der Waals surface area contributed by atoms with Gasteiger partial charge in [-0.25, -0.2) is 4.79 Å². The fourth-order valence-corrected chi connectivity index (χ4v) is 0.489. The first-order valence-electron chi connectivity index (χ1n) is 3.59. The zero-order valence-electron chi connectivity index (χ0n) is 7.34. The second kappa shape index (κ2) is 6.27. The van der Waals surface area contributed by atoms with Gasteiger partial charge in [0.05, 0.1) is 0 Å². The van der Waals surface area contributed by atoms with Gasteiger partial charge < -0.3 is 9.47 Å². The lowest BCUT2D eigenvalue weighted by Crippen LogP contribution is -2.19. The predicted octanol–water partition coefficient (Wildman–Crippen LogP) is 1.30. The Kier molecular flexibility index (Phi) is 5.25. The Bertz CT molecular complexity index is 281. The fourth-order valence-electron chi connectivity index (χ4n) is 0.489. The van der Waals surface area contributed by atoms with Gasteiger partial charge >= 0.3 is 6.16 Å². The summed E-state index contributed by atoms with van der Waals surface area (Å²) in [6.07, 6.45) is -0.992. The zero-order chi connectivity index (χ0) is 11.0. The van der Waals surface area contributed by atoms with Crippen molar-refractivity contribution in [3.63, 3.8) is 0 Å². The monoisotopic (exact) mass is 192 g/mol. The van der Waals surface area contributed by atoms with Crippen LogP contribution < -0.4 is 0 Å². The minimum atomic E-state index is -1.11. The van der Waals surface area contributed by atoms with Crippen LogP contribution in [0.4, 0.5) is 4.79 Å². The predicted molar refractivity (Wildman–Crippen MR) is 46.8 cm³/mol. The van der Waals surface area contributed by atoms with Crippen molar-refractivity contribution in [2.45, 2.75) is 12.2 Å². The third-order valence-corrected chi connectivity index (χ3v) is 1.13. The first-order chi connectivity index (χ1) is 6.67. The topological polar surface area (TPSA) is 83.1 Å². The molecule has 0 radical (unpaired) electrons. The van der Waals surface area contributed by atoms with Gasteiger partial charge in [0.25, 0.3) is 0 Å². The Balaban J connectivity index is 4.12. The van der Waals surface area contributed by atoms with Crippen molar-refractivity contribution in [3.8, 4) is 12.1 Å². The second-order valence-electron chi connectivity index (χ2n) is 2.06. The van der Waals surface area contributed by atoms with Gasteiger partial charge in [-0.05, 0) is 12.2 Å². The summed E-state index contributed by atoms with van der Waals surface area (Å²) in [4.78, 5) is 10.9. The summed E-state index contributed by atoms with van der Waals surface area (Å²) in [5, 5.41) is 16.8. The Hall–Kier alpha value is -2.27. The van der Waals surface area contributed by atoms with E-state index >= 15 is 0 Å². The van der Waals surface area contributed by atoms with Gasteiger partial charge in [-0.1, -0.05) is 13.2 Å². The molecule has 5 heteroatoms. The summed E-state index contributed by atoms with van der Waals surface area (Å²) in [6.45, 7) is 6.53. The number of carbonyl (C=O) groups is 1. The van der Waals surface area contributed by atoms with Gasteiger partial charge in [0.1, 0.15) is 12.1 Å². The number of nitriles is 2. The van der Waals surface area contributed by atoms with Crippen LogP contribution in [0.5, 0.6) is 0 Å². The van der Waals surface area contributed by atoms with Crippen LogP contribution in [0, 0.1) is 22.7 Å². The molecule has 0 heterocycles. The Morgan fingerprint density at radius 3 is 1.71 bits per heavy atom. The standard InChI is InChI=1S/C9H8N2O3/c1-3-7(5-10)13-9(12)14-8(4-2)6-11/h3-4,7-8H,1-2H2. The van der Waals surface area contributed by atoms with Gasteiger partial charge in [-0.15, -0.1) is 0 Å². The molecular weight excluding hydrogens is 184 g/mol. The van der Waals surface area contributed by atoms with Gasteiger partial charge in [0.15, 0.2) is 0 Å². The van der Waals surface area contributed by atoms with Crippen LogP contribution in [0.15, 0.2) is 25.3 Å². The van der Waals surface area contributed by atoms with Crippen LogP contribution in [0.1, 0.15) is 0 Å². The first-order valence-corrected chi connectivity index (χ1v) is 3.59. The van der Waals surface area contributed by atoms with E-state index in [9.17, 15) is 4.79 Å². The van der Waals surface area contributed by atoms with Crippen molar-refractivity contribution < 1.29 is 14.3 Å². The Morgan fingerprint density at radius 1 is 1.14 bits per heavy atom. The minimum absolute atomic E-state index is 1.08. The molecule has 0 saturated heterocycles. The molecule has 0 N–H and O–H groups in total. The van der Waals surface area contributed by atoms with Crippen molar-refractivity contribution in [2.75, 3.05) is 0 Å². The maximum Gasteiger partial charge on any atom is 0.511 e. The molecule has 0 saturated carbocycles. The van der Waals surface area contributed by atoms with E-state index in [2.05, 4.69) is 22.6 Å². The maximum absolute atomic E-state index is 10.9. The SMILES string of the molecule is C=CC(C#N)OC(=O)OC(C#N)C=C. The molecule has 0 fully saturated rings. The largest absolute Gasteiger partial charge is 0.511 e. The van der Waals surface area contributed by atoms with Gasteiger partial charge in [0, 0.05) is 0 Å². The van der Waals surface area contributed by atoms with Crippen molar-refractivity contribution in [1.29, 1.82) is 10.5 Å². The molecule has 0 bridgehead atoms. The van der Waals surface area contributed by atoms with Crippen LogP contribution in [-0.2, 0) is 9.47 Å². The van der Waals surface area contributed by atoms with Crippen molar-refractivity contribution >= 4 is 6.16 Å². The van der Waals surface area contributed by atoms with Gasteiger partial charge in [-0.2, -0.15) is 10.5 Å². The summed E-state index contributed by atoms with van der Waals surface area (Å²) < 4.78 is 8.89. The van der Waals surface area contributed by atoms with E-state index in [1.165, 1.54) is 0 Å². The average Bonchev–Trinajstić information content (AvgIpc) is 2.22. The zero-order valence-corrected chi connectivity index (χ0v) is 7.34. The van der Waals surface area contributed by atoms with Crippen LogP contribution in [-0.4, -0.2) is 18.4 Å². The number of ether oxygens (including phenoxy) is 2. The van der Waals surface area contributed by atoms with Crippen LogP contribution in [0.3, 0.4) is 0 Å². The quantitative estimate of drug-likeness (QED) is 0.495. The van der Waals surface area contributed by atoms with Crippen molar-refractivity contribution in [2.24, 2.45) is 0 Å².